The molecule has 1 unspecified atom stereocenters. The number of aliphatic hydroxyl groups excluding tert-OH is 1. The summed E-state index contributed by atoms with van der Waals surface area (Å²) < 4.78 is 11.3. The molecule has 7 heteroatoms. The zero-order valence-electron chi connectivity index (χ0n) is 19.7. The molecular weight excluding hydrogens is 454 g/mol. The second-order valence-electron chi connectivity index (χ2n) is 9.26. The second kappa shape index (κ2) is 8.69. The second-order valence-corrected chi connectivity index (χ2v) is 9.70. The zero-order chi connectivity index (χ0) is 24.8. The van der Waals surface area contributed by atoms with Crippen molar-refractivity contribution in [2.75, 3.05) is 12.0 Å². The van der Waals surface area contributed by atoms with Gasteiger partial charge in [0, 0.05) is 10.7 Å². The summed E-state index contributed by atoms with van der Waals surface area (Å²) in [4.78, 5) is 27.9. The van der Waals surface area contributed by atoms with Gasteiger partial charge in [-0.1, -0.05) is 38.4 Å². The summed E-state index contributed by atoms with van der Waals surface area (Å²) in [7, 11) is 1.49. The molecule has 1 aliphatic heterocycles. The SMILES string of the molecule is COc1ccc(C(C)(C)C)cc1/C(O)=C1\C(=O)C(=O)N(c2ccc(Cl)cc2)C1c1ccc(C)o1. The highest BCUT2D eigenvalue weighted by Gasteiger charge is 2.48. The summed E-state index contributed by atoms with van der Waals surface area (Å²) in [6.07, 6.45) is 0. The van der Waals surface area contributed by atoms with E-state index in [1.165, 1.54) is 12.0 Å². The Morgan fingerprint density at radius 3 is 2.29 bits per heavy atom. The number of halogens is 1. The summed E-state index contributed by atoms with van der Waals surface area (Å²) in [5, 5.41) is 12.0. The van der Waals surface area contributed by atoms with Crippen molar-refractivity contribution in [1.29, 1.82) is 0 Å². The maximum Gasteiger partial charge on any atom is 0.300 e. The van der Waals surface area contributed by atoms with Gasteiger partial charge in [-0.25, -0.2) is 0 Å². The molecule has 0 saturated carbocycles. The van der Waals surface area contributed by atoms with Crippen LogP contribution >= 0.6 is 11.6 Å². The molecule has 1 amide bonds. The molecule has 1 N–H and O–H groups in total. The minimum atomic E-state index is -0.960. The van der Waals surface area contributed by atoms with Crippen LogP contribution in [0.25, 0.3) is 5.76 Å². The number of hydrogen-bond donors (Lipinski definition) is 1. The molecule has 0 bridgehead atoms. The Labute approximate surface area is 203 Å². The van der Waals surface area contributed by atoms with Gasteiger partial charge in [-0.2, -0.15) is 0 Å². The number of benzene rings is 2. The third-order valence-electron chi connectivity index (χ3n) is 5.90. The van der Waals surface area contributed by atoms with E-state index >= 15 is 0 Å². The number of amides is 1. The number of rotatable bonds is 4. The molecule has 1 aromatic heterocycles. The molecule has 176 valence electrons. The number of aryl methyl sites for hydroxylation is 1. The van der Waals surface area contributed by atoms with Crippen molar-refractivity contribution in [2.24, 2.45) is 0 Å². The maximum absolute atomic E-state index is 13.3. The van der Waals surface area contributed by atoms with E-state index in [-0.39, 0.29) is 16.7 Å². The first kappa shape index (κ1) is 23.6. The van der Waals surface area contributed by atoms with Crippen molar-refractivity contribution in [3.63, 3.8) is 0 Å². The number of Topliss-reactive ketones (excluding diaryl/α,β-unsaturated/α-hetero) is 1. The Morgan fingerprint density at radius 1 is 1.06 bits per heavy atom. The molecule has 0 spiro atoms. The van der Waals surface area contributed by atoms with Gasteiger partial charge in [0.1, 0.15) is 29.1 Å². The number of furan rings is 1. The van der Waals surface area contributed by atoms with Crippen molar-refractivity contribution in [3.05, 3.63) is 87.8 Å². The van der Waals surface area contributed by atoms with E-state index in [1.54, 1.807) is 55.5 Å². The first-order valence-electron chi connectivity index (χ1n) is 10.8. The quantitative estimate of drug-likeness (QED) is 0.275. The van der Waals surface area contributed by atoms with E-state index in [4.69, 9.17) is 20.8 Å². The lowest BCUT2D eigenvalue weighted by molar-refractivity contribution is -0.132. The minimum absolute atomic E-state index is 0.0707. The van der Waals surface area contributed by atoms with E-state index in [2.05, 4.69) is 0 Å². The van der Waals surface area contributed by atoms with Crippen LogP contribution < -0.4 is 9.64 Å². The predicted molar refractivity (Wildman–Crippen MR) is 131 cm³/mol. The lowest BCUT2D eigenvalue weighted by Crippen LogP contribution is -2.29. The Balaban J connectivity index is 1.98. The first-order valence-corrected chi connectivity index (χ1v) is 11.2. The number of carbonyl (C=O) groups excluding carboxylic acids is 2. The summed E-state index contributed by atoms with van der Waals surface area (Å²) in [5.41, 5.74) is 1.44. The molecule has 1 saturated heterocycles. The number of methoxy groups -OCH3 is 1. The average Bonchev–Trinajstić information content (AvgIpc) is 3.33. The molecule has 0 radical (unpaired) electrons. The number of ketones is 1. The van der Waals surface area contributed by atoms with E-state index in [0.717, 1.165) is 5.56 Å². The molecule has 3 aromatic rings. The summed E-state index contributed by atoms with van der Waals surface area (Å²) in [5.74, 6) is -0.541. The van der Waals surface area contributed by atoms with Crippen molar-refractivity contribution >= 4 is 34.7 Å². The Hall–Kier alpha value is -3.51. The number of nitrogens with zero attached hydrogens (tertiary/aromatic N) is 1. The van der Waals surface area contributed by atoms with Crippen LogP contribution in [0.5, 0.6) is 5.75 Å². The van der Waals surface area contributed by atoms with Crippen molar-refractivity contribution in [3.8, 4) is 5.75 Å². The van der Waals surface area contributed by atoms with Gasteiger partial charge in [0.25, 0.3) is 11.7 Å². The standard InChI is InChI=1S/C27H26ClNO5/c1-15-6-12-21(34-15)23-22(25(31)26(32)29(23)18-10-8-17(28)9-11-18)24(30)19-14-16(27(2,3)4)7-13-20(19)33-5/h6-14,23,30H,1-5H3/b24-22+. The van der Waals surface area contributed by atoms with Crippen molar-refractivity contribution in [2.45, 2.75) is 39.2 Å². The van der Waals surface area contributed by atoms with Gasteiger partial charge < -0.3 is 14.3 Å². The number of carbonyl (C=O) groups is 2. The lowest BCUT2D eigenvalue weighted by Gasteiger charge is -2.24. The van der Waals surface area contributed by atoms with Crippen molar-refractivity contribution in [1.82, 2.24) is 0 Å². The van der Waals surface area contributed by atoms with Crippen LogP contribution in [0, 0.1) is 6.92 Å². The van der Waals surface area contributed by atoms with Crippen molar-refractivity contribution < 1.29 is 23.8 Å². The molecule has 34 heavy (non-hydrogen) atoms. The predicted octanol–water partition coefficient (Wildman–Crippen LogP) is 6.17. The Bertz CT molecular complexity index is 1300. The Morgan fingerprint density at radius 2 is 1.74 bits per heavy atom. The van der Waals surface area contributed by atoms with Crippen LogP contribution in [0.1, 0.15) is 49.5 Å². The van der Waals surface area contributed by atoms with Gasteiger partial charge in [0.2, 0.25) is 0 Å². The summed E-state index contributed by atoms with van der Waals surface area (Å²) in [6.45, 7) is 7.91. The highest BCUT2D eigenvalue weighted by molar-refractivity contribution is 6.51. The highest BCUT2D eigenvalue weighted by atomic mass is 35.5. The average molecular weight is 480 g/mol. The smallest absolute Gasteiger partial charge is 0.300 e. The van der Waals surface area contributed by atoms with E-state index in [1.807, 2.05) is 26.8 Å². The highest BCUT2D eigenvalue weighted by Crippen LogP contribution is 2.44. The molecule has 1 aliphatic rings. The monoisotopic (exact) mass is 479 g/mol. The topological polar surface area (TPSA) is 80.0 Å². The normalized spacial score (nSPS) is 17.9. The fourth-order valence-corrected chi connectivity index (χ4v) is 4.20. The van der Waals surface area contributed by atoms with Gasteiger partial charge in [-0.15, -0.1) is 0 Å². The molecule has 1 fully saturated rings. The van der Waals surface area contributed by atoms with E-state index in [9.17, 15) is 14.7 Å². The first-order chi connectivity index (χ1) is 16.0. The van der Waals surface area contributed by atoms with E-state index < -0.39 is 17.7 Å². The number of aliphatic hydroxyl groups is 1. The van der Waals surface area contributed by atoms with Crippen LogP contribution in [0.4, 0.5) is 5.69 Å². The van der Waals surface area contributed by atoms with Gasteiger partial charge >= 0.3 is 0 Å². The van der Waals surface area contributed by atoms with Crippen LogP contribution in [0.2, 0.25) is 5.02 Å². The van der Waals surface area contributed by atoms with Gasteiger partial charge in [0.15, 0.2) is 0 Å². The summed E-state index contributed by atoms with van der Waals surface area (Å²) >= 11 is 6.03. The molecule has 1 atom stereocenters. The number of ether oxygens (including phenoxy) is 1. The van der Waals surface area contributed by atoms with Crippen LogP contribution in [0.15, 0.2) is 64.6 Å². The number of anilines is 1. The third kappa shape index (κ3) is 4.10. The van der Waals surface area contributed by atoms with Crippen LogP contribution in [-0.4, -0.2) is 23.9 Å². The largest absolute Gasteiger partial charge is 0.507 e. The lowest BCUT2D eigenvalue weighted by atomic mass is 9.85. The molecule has 0 aliphatic carbocycles. The number of hydrogen-bond acceptors (Lipinski definition) is 5. The third-order valence-corrected chi connectivity index (χ3v) is 6.15. The molecular formula is C27H26ClNO5. The molecule has 4 rings (SSSR count). The maximum atomic E-state index is 13.3. The summed E-state index contributed by atoms with van der Waals surface area (Å²) in [6, 6.07) is 14.5. The van der Waals surface area contributed by atoms with Crippen LogP contribution in [-0.2, 0) is 15.0 Å². The molecule has 2 heterocycles. The zero-order valence-corrected chi connectivity index (χ0v) is 20.4. The molecule has 6 nitrogen and oxygen atoms in total. The molecule has 2 aromatic carbocycles. The van der Waals surface area contributed by atoms with Gasteiger partial charge in [-0.3, -0.25) is 14.5 Å². The minimum Gasteiger partial charge on any atom is -0.507 e. The van der Waals surface area contributed by atoms with Gasteiger partial charge in [0.05, 0.1) is 18.2 Å². The van der Waals surface area contributed by atoms with Crippen LogP contribution in [0.3, 0.4) is 0 Å². The van der Waals surface area contributed by atoms with E-state index in [0.29, 0.717) is 33.5 Å². The Kier molecular flexibility index (Phi) is 6.04. The van der Waals surface area contributed by atoms with Gasteiger partial charge in [-0.05, 0) is 66.4 Å². The fourth-order valence-electron chi connectivity index (χ4n) is 4.07. The fraction of sp³-hybridized carbons (Fsp3) is 0.259.